The zero-order valence-electron chi connectivity index (χ0n) is 20.0. The van der Waals surface area contributed by atoms with Crippen molar-refractivity contribution in [3.63, 3.8) is 0 Å². The highest BCUT2D eigenvalue weighted by atomic mass is 32.2. The maximum Gasteiger partial charge on any atom is 0.262 e. The van der Waals surface area contributed by atoms with Crippen LogP contribution >= 0.6 is 11.8 Å². The van der Waals surface area contributed by atoms with Gasteiger partial charge in [0.2, 0.25) is 5.78 Å². The van der Waals surface area contributed by atoms with Crippen LogP contribution in [0.25, 0.3) is 16.7 Å². The number of benzene rings is 2. The van der Waals surface area contributed by atoms with Crippen LogP contribution in [0.2, 0.25) is 0 Å². The lowest BCUT2D eigenvalue weighted by Gasteiger charge is -2.14. The van der Waals surface area contributed by atoms with Gasteiger partial charge in [-0.3, -0.25) is 18.6 Å². The molecule has 1 N–H and O–H groups in total. The molecule has 4 rings (SSSR count). The van der Waals surface area contributed by atoms with Crippen LogP contribution in [0.4, 0.5) is 0 Å². The zero-order valence-corrected chi connectivity index (χ0v) is 20.8. The molecule has 0 atom stereocenters. The van der Waals surface area contributed by atoms with Gasteiger partial charge in [-0.1, -0.05) is 37.7 Å². The summed E-state index contributed by atoms with van der Waals surface area (Å²) in [5.41, 5.74) is 2.05. The number of aromatic nitrogens is 4. The normalized spacial score (nSPS) is 11.6. The number of hydrogen-bond acceptors (Lipinski definition) is 6. The zero-order chi connectivity index (χ0) is 24.4. The van der Waals surface area contributed by atoms with Gasteiger partial charge in [0.25, 0.3) is 11.5 Å². The fourth-order valence-electron chi connectivity index (χ4n) is 3.80. The first-order valence-electron chi connectivity index (χ1n) is 11.3. The maximum atomic E-state index is 13.4. The highest BCUT2D eigenvalue weighted by molar-refractivity contribution is 7.98. The third-order valence-electron chi connectivity index (χ3n) is 5.30. The van der Waals surface area contributed by atoms with Gasteiger partial charge in [-0.05, 0) is 55.7 Å². The van der Waals surface area contributed by atoms with E-state index in [1.165, 1.54) is 11.8 Å². The van der Waals surface area contributed by atoms with Gasteiger partial charge in [0.05, 0.1) is 18.0 Å². The van der Waals surface area contributed by atoms with Crippen molar-refractivity contribution in [1.82, 2.24) is 24.5 Å². The van der Waals surface area contributed by atoms with Gasteiger partial charge in [-0.2, -0.15) is 0 Å². The molecule has 0 fully saturated rings. The van der Waals surface area contributed by atoms with Crippen LogP contribution < -0.4 is 15.6 Å². The lowest BCUT2D eigenvalue weighted by molar-refractivity contribution is 0.0943. The van der Waals surface area contributed by atoms with Crippen molar-refractivity contribution < 1.29 is 9.53 Å². The molecule has 34 heavy (non-hydrogen) atoms. The van der Waals surface area contributed by atoms with Gasteiger partial charge in [0.15, 0.2) is 5.16 Å². The maximum absolute atomic E-state index is 13.4. The summed E-state index contributed by atoms with van der Waals surface area (Å²) in [6.07, 6.45) is 0. The molecular weight excluding hydrogens is 450 g/mol. The number of thioether (sulfide) groups is 1. The molecule has 0 spiro atoms. The predicted octanol–water partition coefficient (Wildman–Crippen LogP) is 4.14. The van der Waals surface area contributed by atoms with Crippen molar-refractivity contribution in [2.75, 3.05) is 7.11 Å². The molecule has 2 aromatic heterocycles. The molecule has 0 saturated carbocycles. The second-order valence-electron chi connectivity index (χ2n) is 8.93. The Bertz CT molecular complexity index is 1410. The minimum atomic E-state index is -0.185. The van der Waals surface area contributed by atoms with E-state index in [-0.39, 0.29) is 23.4 Å². The van der Waals surface area contributed by atoms with E-state index in [0.29, 0.717) is 39.7 Å². The molecule has 2 aromatic carbocycles. The first-order chi connectivity index (χ1) is 16.3. The van der Waals surface area contributed by atoms with Crippen LogP contribution in [0.5, 0.6) is 5.75 Å². The molecule has 0 unspecified atom stereocenters. The Morgan fingerprint density at radius 1 is 1.12 bits per heavy atom. The topological polar surface area (TPSA) is 90.5 Å². The molecular formula is C25H29N5O3S. The average Bonchev–Trinajstić information content (AvgIpc) is 3.23. The number of amides is 1. The molecule has 0 aliphatic rings. The third-order valence-corrected chi connectivity index (χ3v) is 6.30. The highest BCUT2D eigenvalue weighted by Crippen LogP contribution is 2.26. The van der Waals surface area contributed by atoms with Crippen molar-refractivity contribution in [3.8, 4) is 5.75 Å². The first-order valence-corrected chi connectivity index (χ1v) is 12.2. The summed E-state index contributed by atoms with van der Waals surface area (Å²) in [6, 6.07) is 13.0. The largest absolute Gasteiger partial charge is 0.497 e. The standard InChI is InChI=1S/C25H29N5O3S/c1-15(2)13-29-23(32)20-10-9-18(22(31)26-16(3)4)12-21(20)30-24(29)27-28-25(30)34-14-17-7-6-8-19(11-17)33-5/h6-12,15-16H,13-14H2,1-5H3,(H,26,31). The molecule has 0 radical (unpaired) electrons. The third kappa shape index (κ3) is 4.79. The highest BCUT2D eigenvalue weighted by Gasteiger charge is 2.19. The number of rotatable bonds is 8. The van der Waals surface area contributed by atoms with Gasteiger partial charge in [0, 0.05) is 23.9 Å². The smallest absolute Gasteiger partial charge is 0.262 e. The molecule has 1 amide bonds. The van der Waals surface area contributed by atoms with Crippen molar-refractivity contribution in [2.24, 2.45) is 5.92 Å². The number of ether oxygens (including phenoxy) is 1. The predicted molar refractivity (Wildman–Crippen MR) is 135 cm³/mol. The Hall–Kier alpha value is -3.33. The van der Waals surface area contributed by atoms with Gasteiger partial charge >= 0.3 is 0 Å². The quantitative estimate of drug-likeness (QED) is 0.382. The number of fused-ring (bicyclic) bond motifs is 3. The van der Waals surface area contributed by atoms with E-state index in [4.69, 9.17) is 4.74 Å². The minimum Gasteiger partial charge on any atom is -0.497 e. The summed E-state index contributed by atoms with van der Waals surface area (Å²) in [7, 11) is 1.64. The number of nitrogens with zero attached hydrogens (tertiary/aromatic N) is 4. The van der Waals surface area contributed by atoms with E-state index < -0.39 is 0 Å². The number of methoxy groups -OCH3 is 1. The SMILES string of the molecule is COc1cccc(CSc2nnc3n(CC(C)C)c(=O)c4ccc(C(=O)NC(C)C)cc4n23)c1. The second-order valence-corrected chi connectivity index (χ2v) is 9.87. The van der Waals surface area contributed by atoms with Crippen LogP contribution in [0, 0.1) is 5.92 Å². The molecule has 0 saturated heterocycles. The number of carbonyl (C=O) groups is 1. The molecule has 2 heterocycles. The van der Waals surface area contributed by atoms with E-state index in [1.54, 1.807) is 29.9 Å². The van der Waals surface area contributed by atoms with Crippen molar-refractivity contribution in [3.05, 3.63) is 63.9 Å². The number of carbonyl (C=O) groups excluding carboxylic acids is 1. The molecule has 0 bridgehead atoms. The van der Waals surface area contributed by atoms with Crippen LogP contribution in [0.1, 0.15) is 43.6 Å². The lowest BCUT2D eigenvalue weighted by Crippen LogP contribution is -2.30. The van der Waals surface area contributed by atoms with E-state index >= 15 is 0 Å². The van der Waals surface area contributed by atoms with Crippen LogP contribution in [0.15, 0.2) is 52.4 Å². The second kappa shape index (κ2) is 9.89. The first kappa shape index (κ1) is 23.8. The van der Waals surface area contributed by atoms with Gasteiger partial charge in [-0.25, -0.2) is 0 Å². The fraction of sp³-hybridized carbons (Fsp3) is 0.360. The molecule has 9 heteroatoms. The molecule has 178 valence electrons. The van der Waals surface area contributed by atoms with E-state index in [9.17, 15) is 9.59 Å². The van der Waals surface area contributed by atoms with E-state index in [0.717, 1.165) is 11.3 Å². The fourth-order valence-corrected chi connectivity index (χ4v) is 4.68. The Morgan fingerprint density at radius 3 is 2.62 bits per heavy atom. The monoisotopic (exact) mass is 479 g/mol. The molecule has 8 nitrogen and oxygen atoms in total. The Kier molecular flexibility index (Phi) is 6.92. The van der Waals surface area contributed by atoms with Crippen molar-refractivity contribution in [2.45, 2.75) is 51.2 Å². The average molecular weight is 480 g/mol. The summed E-state index contributed by atoms with van der Waals surface area (Å²) < 4.78 is 8.89. The van der Waals surface area contributed by atoms with Gasteiger partial charge in [0.1, 0.15) is 5.75 Å². The Labute approximate surface area is 202 Å². The van der Waals surface area contributed by atoms with Crippen LogP contribution in [-0.2, 0) is 12.3 Å². The van der Waals surface area contributed by atoms with Gasteiger partial charge < -0.3 is 10.1 Å². The van der Waals surface area contributed by atoms with Crippen molar-refractivity contribution in [1.29, 1.82) is 0 Å². The molecule has 0 aliphatic carbocycles. The summed E-state index contributed by atoms with van der Waals surface area (Å²) >= 11 is 1.52. The van der Waals surface area contributed by atoms with E-state index in [2.05, 4.69) is 29.4 Å². The summed E-state index contributed by atoms with van der Waals surface area (Å²) in [5, 5.41) is 12.9. The number of nitrogens with one attached hydrogen (secondary N) is 1. The van der Waals surface area contributed by atoms with Crippen LogP contribution in [-0.4, -0.2) is 38.2 Å². The minimum absolute atomic E-state index is 0.00570. The Balaban J connectivity index is 1.86. The molecule has 0 aliphatic heterocycles. The summed E-state index contributed by atoms with van der Waals surface area (Å²) in [5.74, 6) is 1.98. The van der Waals surface area contributed by atoms with E-state index in [1.807, 2.05) is 42.5 Å². The lowest BCUT2D eigenvalue weighted by atomic mass is 10.1. The van der Waals surface area contributed by atoms with Crippen LogP contribution in [0.3, 0.4) is 0 Å². The molecule has 4 aromatic rings. The number of hydrogen-bond donors (Lipinski definition) is 1. The van der Waals surface area contributed by atoms with Gasteiger partial charge in [-0.15, -0.1) is 10.2 Å². The van der Waals surface area contributed by atoms with Crippen molar-refractivity contribution >= 4 is 34.3 Å². The summed E-state index contributed by atoms with van der Waals surface area (Å²) in [4.78, 5) is 26.0. The summed E-state index contributed by atoms with van der Waals surface area (Å²) in [6.45, 7) is 8.46. The Morgan fingerprint density at radius 2 is 1.91 bits per heavy atom.